The van der Waals surface area contributed by atoms with Crippen molar-refractivity contribution in [2.24, 2.45) is 0 Å². The molecule has 0 bridgehead atoms. The Morgan fingerprint density at radius 2 is 0.513 bits per heavy atom. The van der Waals surface area contributed by atoms with Gasteiger partial charge >= 0.3 is 0 Å². The summed E-state index contributed by atoms with van der Waals surface area (Å²) in [6.07, 6.45) is 48.2. The SMILES string of the molecule is CCCCCCCCCCCCCCCCCN1C=CN(CCCCCCCCCCCCCCCCC)C1. The standard InChI is InChI=1S/C37H74N2/c1-3-5-7-9-11-13-15-17-19-21-23-25-27-29-31-33-38-35-36-39(37-38)34-32-30-28-26-24-22-20-18-16-14-12-10-8-6-4-2/h35-36H,3-34,37H2,1-2H3. The maximum atomic E-state index is 2.54. The Bertz CT molecular complexity index is 446. The summed E-state index contributed by atoms with van der Waals surface area (Å²) in [5.41, 5.74) is 0. The fourth-order valence-electron chi connectivity index (χ4n) is 6.18. The van der Waals surface area contributed by atoms with Crippen LogP contribution in [-0.2, 0) is 0 Å². The van der Waals surface area contributed by atoms with E-state index in [0.717, 1.165) is 6.67 Å². The Kier molecular flexibility index (Phi) is 28.3. The predicted octanol–water partition coefficient (Wildman–Crippen LogP) is 12.8. The smallest absolute Gasteiger partial charge is 0.0893 e. The predicted molar refractivity (Wildman–Crippen MR) is 177 cm³/mol. The van der Waals surface area contributed by atoms with Gasteiger partial charge in [0.15, 0.2) is 0 Å². The van der Waals surface area contributed by atoms with E-state index in [1.807, 2.05) is 0 Å². The normalized spacial score (nSPS) is 13.3. The molecule has 0 saturated carbocycles. The van der Waals surface area contributed by atoms with Gasteiger partial charge in [-0.2, -0.15) is 0 Å². The van der Waals surface area contributed by atoms with Crippen LogP contribution in [0.15, 0.2) is 12.4 Å². The summed E-state index contributed by atoms with van der Waals surface area (Å²) < 4.78 is 0. The lowest BCUT2D eigenvalue weighted by molar-refractivity contribution is 0.257. The van der Waals surface area contributed by atoms with Crippen LogP contribution in [0.1, 0.15) is 206 Å². The van der Waals surface area contributed by atoms with Crippen molar-refractivity contribution in [1.82, 2.24) is 9.80 Å². The zero-order chi connectivity index (χ0) is 27.9. The number of hydrogen-bond acceptors (Lipinski definition) is 2. The third-order valence-electron chi connectivity index (χ3n) is 8.95. The van der Waals surface area contributed by atoms with Gasteiger partial charge < -0.3 is 9.80 Å². The lowest BCUT2D eigenvalue weighted by Crippen LogP contribution is -2.26. The number of nitrogens with zero attached hydrogens (tertiary/aromatic N) is 2. The maximum absolute atomic E-state index is 2.54. The van der Waals surface area contributed by atoms with E-state index in [9.17, 15) is 0 Å². The molecule has 0 amide bonds. The van der Waals surface area contributed by atoms with Crippen molar-refractivity contribution in [1.29, 1.82) is 0 Å². The van der Waals surface area contributed by atoms with Gasteiger partial charge in [0.2, 0.25) is 0 Å². The molecule has 2 heteroatoms. The van der Waals surface area contributed by atoms with Crippen molar-refractivity contribution in [2.75, 3.05) is 19.8 Å². The molecule has 2 nitrogen and oxygen atoms in total. The molecule has 0 saturated heterocycles. The van der Waals surface area contributed by atoms with E-state index in [1.165, 1.54) is 206 Å². The summed E-state index contributed by atoms with van der Waals surface area (Å²) in [5, 5.41) is 0. The Balaban J connectivity index is 1.74. The number of rotatable bonds is 32. The summed E-state index contributed by atoms with van der Waals surface area (Å²) in [7, 11) is 0. The molecule has 0 N–H and O–H groups in total. The van der Waals surface area contributed by atoms with Gasteiger partial charge in [0, 0.05) is 25.5 Å². The first-order chi connectivity index (χ1) is 19.4. The topological polar surface area (TPSA) is 6.48 Å². The average Bonchev–Trinajstić information content (AvgIpc) is 3.40. The highest BCUT2D eigenvalue weighted by Crippen LogP contribution is 2.16. The zero-order valence-electron chi connectivity index (χ0n) is 27.4. The number of hydrogen-bond donors (Lipinski definition) is 0. The van der Waals surface area contributed by atoms with Crippen molar-refractivity contribution in [3.05, 3.63) is 12.4 Å². The van der Waals surface area contributed by atoms with E-state index < -0.39 is 0 Å². The Morgan fingerprint density at radius 1 is 0.308 bits per heavy atom. The van der Waals surface area contributed by atoms with Crippen LogP contribution in [0.3, 0.4) is 0 Å². The minimum atomic E-state index is 1.14. The van der Waals surface area contributed by atoms with Crippen LogP contribution in [0.25, 0.3) is 0 Å². The summed E-state index contributed by atoms with van der Waals surface area (Å²) >= 11 is 0. The van der Waals surface area contributed by atoms with Gasteiger partial charge in [-0.1, -0.05) is 194 Å². The molecule has 1 rings (SSSR count). The largest absolute Gasteiger partial charge is 0.359 e. The fraction of sp³-hybridized carbons (Fsp3) is 0.946. The van der Waals surface area contributed by atoms with Gasteiger partial charge in [0.1, 0.15) is 0 Å². The first-order valence-corrected chi connectivity index (χ1v) is 18.5. The highest BCUT2D eigenvalue weighted by molar-refractivity contribution is 4.90. The maximum Gasteiger partial charge on any atom is 0.0893 e. The Hall–Kier alpha value is -0.660. The third-order valence-corrected chi connectivity index (χ3v) is 8.95. The molecule has 0 aliphatic carbocycles. The zero-order valence-corrected chi connectivity index (χ0v) is 27.4. The van der Waals surface area contributed by atoms with E-state index in [4.69, 9.17) is 0 Å². The monoisotopic (exact) mass is 547 g/mol. The van der Waals surface area contributed by atoms with Crippen LogP contribution < -0.4 is 0 Å². The molecule has 232 valence electrons. The quantitative estimate of drug-likeness (QED) is 0.0774. The van der Waals surface area contributed by atoms with E-state index in [2.05, 4.69) is 36.0 Å². The van der Waals surface area contributed by atoms with Gasteiger partial charge in [-0.25, -0.2) is 0 Å². The van der Waals surface area contributed by atoms with Crippen LogP contribution >= 0.6 is 0 Å². The van der Waals surface area contributed by atoms with E-state index >= 15 is 0 Å². The fourth-order valence-corrected chi connectivity index (χ4v) is 6.18. The third kappa shape index (κ3) is 26.0. The molecule has 0 aromatic carbocycles. The molecule has 1 heterocycles. The summed E-state index contributed by atoms with van der Waals surface area (Å²) in [6, 6.07) is 0. The van der Waals surface area contributed by atoms with Gasteiger partial charge in [0.25, 0.3) is 0 Å². The molecule has 39 heavy (non-hydrogen) atoms. The Labute approximate surface area is 248 Å². The Morgan fingerprint density at radius 3 is 0.744 bits per heavy atom. The molecule has 0 aromatic heterocycles. The van der Waals surface area contributed by atoms with Gasteiger partial charge in [0.05, 0.1) is 6.67 Å². The minimum Gasteiger partial charge on any atom is -0.359 e. The van der Waals surface area contributed by atoms with Crippen LogP contribution in [0.2, 0.25) is 0 Å². The van der Waals surface area contributed by atoms with E-state index in [-0.39, 0.29) is 0 Å². The van der Waals surface area contributed by atoms with Crippen molar-refractivity contribution < 1.29 is 0 Å². The lowest BCUT2D eigenvalue weighted by Gasteiger charge is -2.21. The van der Waals surface area contributed by atoms with E-state index in [0.29, 0.717) is 0 Å². The van der Waals surface area contributed by atoms with E-state index in [1.54, 1.807) is 0 Å². The van der Waals surface area contributed by atoms with Crippen molar-refractivity contribution in [3.63, 3.8) is 0 Å². The number of unbranched alkanes of at least 4 members (excludes halogenated alkanes) is 28. The molecule has 0 atom stereocenters. The molecule has 0 spiro atoms. The van der Waals surface area contributed by atoms with Gasteiger partial charge in [-0.15, -0.1) is 0 Å². The highest BCUT2D eigenvalue weighted by atomic mass is 15.3. The minimum absolute atomic E-state index is 1.14. The van der Waals surface area contributed by atoms with Crippen LogP contribution in [0.5, 0.6) is 0 Å². The molecule has 1 aliphatic rings. The molecule has 0 radical (unpaired) electrons. The van der Waals surface area contributed by atoms with Crippen LogP contribution in [0, 0.1) is 0 Å². The molecule has 0 aromatic rings. The van der Waals surface area contributed by atoms with Gasteiger partial charge in [-0.3, -0.25) is 0 Å². The highest BCUT2D eigenvalue weighted by Gasteiger charge is 2.11. The van der Waals surface area contributed by atoms with Crippen molar-refractivity contribution in [3.8, 4) is 0 Å². The molecular formula is C37H74N2. The second-order valence-corrected chi connectivity index (χ2v) is 13.0. The molecule has 0 fully saturated rings. The lowest BCUT2D eigenvalue weighted by atomic mass is 10.0. The van der Waals surface area contributed by atoms with Gasteiger partial charge in [-0.05, 0) is 12.8 Å². The average molecular weight is 547 g/mol. The van der Waals surface area contributed by atoms with Crippen molar-refractivity contribution in [2.45, 2.75) is 206 Å². The first-order valence-electron chi connectivity index (χ1n) is 18.5. The summed E-state index contributed by atoms with van der Waals surface area (Å²) in [6.45, 7) is 8.26. The second-order valence-electron chi connectivity index (χ2n) is 13.0. The van der Waals surface area contributed by atoms with Crippen LogP contribution in [-0.4, -0.2) is 29.6 Å². The van der Waals surface area contributed by atoms with Crippen LogP contribution in [0.4, 0.5) is 0 Å². The molecular weight excluding hydrogens is 472 g/mol. The first kappa shape index (κ1) is 36.4. The molecule has 0 unspecified atom stereocenters. The summed E-state index contributed by atoms with van der Waals surface area (Å²) in [5.74, 6) is 0. The second kappa shape index (κ2) is 30.3. The molecule has 1 aliphatic heterocycles. The van der Waals surface area contributed by atoms with Crippen molar-refractivity contribution >= 4 is 0 Å². The summed E-state index contributed by atoms with van der Waals surface area (Å²) in [4.78, 5) is 5.07.